The van der Waals surface area contributed by atoms with Crippen LogP contribution < -0.4 is 0 Å². The van der Waals surface area contributed by atoms with Gasteiger partial charge in [-0.3, -0.25) is 4.99 Å². The van der Waals surface area contributed by atoms with Crippen molar-refractivity contribution in [3.05, 3.63) is 46.9 Å². The first kappa shape index (κ1) is 14.3. The molecule has 1 aromatic carbocycles. The molecule has 3 aliphatic rings. The van der Waals surface area contributed by atoms with Crippen LogP contribution in [0.25, 0.3) is 0 Å². The van der Waals surface area contributed by atoms with E-state index in [2.05, 4.69) is 16.8 Å². The Bertz CT molecular complexity index is 633. The summed E-state index contributed by atoms with van der Waals surface area (Å²) >= 11 is 6.53. The Labute approximate surface area is 135 Å². The first-order valence-electron chi connectivity index (χ1n) is 8.09. The second kappa shape index (κ2) is 5.38. The summed E-state index contributed by atoms with van der Waals surface area (Å²) < 4.78 is 13.2. The topological polar surface area (TPSA) is 15.6 Å². The average molecular weight is 319 g/mol. The van der Waals surface area contributed by atoms with Gasteiger partial charge in [0.1, 0.15) is 5.82 Å². The third-order valence-electron chi connectivity index (χ3n) is 5.24. The quantitative estimate of drug-likeness (QED) is 0.584. The van der Waals surface area contributed by atoms with Crippen LogP contribution >= 0.6 is 11.6 Å². The van der Waals surface area contributed by atoms with Crippen molar-refractivity contribution in [1.82, 2.24) is 4.90 Å². The van der Waals surface area contributed by atoms with Gasteiger partial charge in [0.2, 0.25) is 0 Å². The molecule has 0 radical (unpaired) electrons. The number of rotatable bonds is 3. The van der Waals surface area contributed by atoms with Crippen molar-refractivity contribution in [2.45, 2.75) is 50.2 Å². The minimum absolute atomic E-state index is 0.181. The number of halogens is 2. The smallest absolute Gasteiger partial charge is 0.197 e. The van der Waals surface area contributed by atoms with Gasteiger partial charge in [-0.25, -0.2) is 4.39 Å². The lowest BCUT2D eigenvalue weighted by Gasteiger charge is -2.39. The highest BCUT2D eigenvalue weighted by molar-refractivity contribution is 6.21. The van der Waals surface area contributed by atoms with E-state index in [1.807, 2.05) is 18.3 Å². The molecule has 116 valence electrons. The molecule has 1 aromatic rings. The molecule has 4 heteroatoms. The first-order valence-corrected chi connectivity index (χ1v) is 8.53. The van der Waals surface area contributed by atoms with Gasteiger partial charge in [-0.2, -0.15) is 0 Å². The van der Waals surface area contributed by atoms with Gasteiger partial charge in [-0.15, -0.1) is 0 Å². The van der Waals surface area contributed by atoms with E-state index in [1.54, 1.807) is 12.1 Å². The Hall–Kier alpha value is -1.35. The summed E-state index contributed by atoms with van der Waals surface area (Å²) in [7, 11) is 0. The Balaban J connectivity index is 1.71. The Morgan fingerprint density at radius 2 is 1.95 bits per heavy atom. The average Bonchev–Trinajstić information content (AvgIpc) is 3.28. The van der Waals surface area contributed by atoms with E-state index in [-0.39, 0.29) is 11.4 Å². The number of aliphatic imine (C=N–C) groups is 1. The molecule has 2 unspecified atom stereocenters. The van der Waals surface area contributed by atoms with Gasteiger partial charge in [0, 0.05) is 23.9 Å². The second-order valence-electron chi connectivity index (χ2n) is 6.63. The molecule has 3 atom stereocenters. The monoisotopic (exact) mass is 318 g/mol. The zero-order valence-electron chi connectivity index (χ0n) is 12.7. The zero-order valence-corrected chi connectivity index (χ0v) is 13.4. The van der Waals surface area contributed by atoms with Crippen LogP contribution in [-0.2, 0) is 0 Å². The van der Waals surface area contributed by atoms with E-state index in [9.17, 15) is 4.39 Å². The normalized spacial score (nSPS) is 29.0. The zero-order chi connectivity index (χ0) is 15.3. The lowest BCUT2D eigenvalue weighted by atomic mass is 9.94. The standard InChI is InChI=1S/C18H20ClFN2/c1-11(12-2-3-12)22-17-14(10-21-18(22)19)6-9-16(17)13-4-7-15(20)8-5-13/h4-5,7-8,10-12,16,18H,2-3,6,9H2,1H3/t11-,16?,18?/m1/s1. The highest BCUT2D eigenvalue weighted by Gasteiger charge is 2.41. The molecule has 1 aliphatic heterocycles. The fourth-order valence-corrected chi connectivity index (χ4v) is 4.18. The SMILES string of the molecule is C[C@H](C1CC1)N1C2=C(C=NC1Cl)CCC2c1ccc(F)cc1. The summed E-state index contributed by atoms with van der Waals surface area (Å²) in [5.41, 5.74) is 3.49. The number of benzene rings is 1. The second-order valence-corrected chi connectivity index (χ2v) is 7.02. The van der Waals surface area contributed by atoms with E-state index in [1.165, 1.54) is 29.7 Å². The largest absolute Gasteiger partial charge is 0.337 e. The van der Waals surface area contributed by atoms with Gasteiger partial charge >= 0.3 is 0 Å². The fraction of sp³-hybridized carbons (Fsp3) is 0.500. The molecule has 0 N–H and O–H groups in total. The highest BCUT2D eigenvalue weighted by Crippen LogP contribution is 2.47. The van der Waals surface area contributed by atoms with Gasteiger partial charge in [0.25, 0.3) is 0 Å². The van der Waals surface area contributed by atoms with E-state index >= 15 is 0 Å². The first-order chi connectivity index (χ1) is 10.6. The third-order valence-corrected chi connectivity index (χ3v) is 5.56. The summed E-state index contributed by atoms with van der Waals surface area (Å²) in [5.74, 6) is 0.863. The number of alkyl halides is 1. The third kappa shape index (κ3) is 2.36. The summed E-state index contributed by atoms with van der Waals surface area (Å²) in [4.78, 5) is 6.79. The van der Waals surface area contributed by atoms with Crippen LogP contribution in [0, 0.1) is 11.7 Å². The molecule has 22 heavy (non-hydrogen) atoms. The molecule has 1 heterocycles. The van der Waals surface area contributed by atoms with Crippen LogP contribution in [0.3, 0.4) is 0 Å². The van der Waals surface area contributed by atoms with Crippen molar-refractivity contribution in [3.63, 3.8) is 0 Å². The molecule has 0 saturated heterocycles. The fourth-order valence-electron chi connectivity index (χ4n) is 3.84. The maximum Gasteiger partial charge on any atom is 0.197 e. The molecule has 1 saturated carbocycles. The molecule has 0 bridgehead atoms. The Kier molecular flexibility index (Phi) is 3.48. The number of nitrogens with zero attached hydrogens (tertiary/aromatic N) is 2. The molecule has 0 aromatic heterocycles. The van der Waals surface area contributed by atoms with Crippen LogP contribution in [0.4, 0.5) is 4.39 Å². The van der Waals surface area contributed by atoms with Gasteiger partial charge in [0.15, 0.2) is 5.62 Å². The minimum atomic E-state index is -0.310. The predicted molar refractivity (Wildman–Crippen MR) is 87.6 cm³/mol. The van der Waals surface area contributed by atoms with E-state index in [0.717, 1.165) is 18.8 Å². The lowest BCUT2D eigenvalue weighted by Crippen LogP contribution is -2.41. The van der Waals surface area contributed by atoms with Crippen LogP contribution in [0.15, 0.2) is 40.5 Å². The summed E-state index contributed by atoms with van der Waals surface area (Å²) in [5, 5.41) is 0. The van der Waals surface area contributed by atoms with Crippen molar-refractivity contribution < 1.29 is 4.39 Å². The molecular weight excluding hydrogens is 299 g/mol. The Morgan fingerprint density at radius 3 is 2.64 bits per heavy atom. The van der Waals surface area contributed by atoms with E-state index < -0.39 is 0 Å². The number of hydrogen-bond donors (Lipinski definition) is 0. The molecule has 2 aliphatic carbocycles. The van der Waals surface area contributed by atoms with Gasteiger partial charge in [0.05, 0.1) is 0 Å². The molecule has 0 amide bonds. The molecule has 0 spiro atoms. The van der Waals surface area contributed by atoms with Crippen LogP contribution in [0.1, 0.15) is 44.1 Å². The van der Waals surface area contributed by atoms with Gasteiger partial charge in [-0.05, 0) is 61.8 Å². The van der Waals surface area contributed by atoms with Crippen molar-refractivity contribution in [2.24, 2.45) is 10.9 Å². The van der Waals surface area contributed by atoms with Gasteiger partial charge < -0.3 is 4.90 Å². The van der Waals surface area contributed by atoms with Crippen LogP contribution in [0.2, 0.25) is 0 Å². The number of allylic oxidation sites excluding steroid dienone is 2. The molecule has 2 nitrogen and oxygen atoms in total. The van der Waals surface area contributed by atoms with Crippen molar-refractivity contribution in [3.8, 4) is 0 Å². The van der Waals surface area contributed by atoms with E-state index in [4.69, 9.17) is 11.6 Å². The number of hydrogen-bond acceptors (Lipinski definition) is 2. The maximum atomic E-state index is 13.2. The highest BCUT2D eigenvalue weighted by atomic mass is 35.5. The maximum absolute atomic E-state index is 13.2. The van der Waals surface area contributed by atoms with Crippen LogP contribution in [-0.4, -0.2) is 22.8 Å². The Morgan fingerprint density at radius 1 is 1.23 bits per heavy atom. The van der Waals surface area contributed by atoms with Crippen molar-refractivity contribution in [2.75, 3.05) is 0 Å². The van der Waals surface area contributed by atoms with Crippen LogP contribution in [0.5, 0.6) is 0 Å². The molecule has 1 fully saturated rings. The summed E-state index contributed by atoms with van der Waals surface area (Å²) in [6.07, 6.45) is 6.61. The summed E-state index contributed by atoms with van der Waals surface area (Å²) in [6, 6.07) is 7.34. The van der Waals surface area contributed by atoms with Crippen molar-refractivity contribution >= 4 is 17.8 Å². The minimum Gasteiger partial charge on any atom is -0.337 e. The lowest BCUT2D eigenvalue weighted by molar-refractivity contribution is 0.214. The predicted octanol–water partition coefficient (Wildman–Crippen LogP) is 4.66. The molecule has 4 rings (SSSR count). The van der Waals surface area contributed by atoms with Crippen molar-refractivity contribution in [1.29, 1.82) is 0 Å². The summed E-state index contributed by atoms with van der Waals surface area (Å²) in [6.45, 7) is 2.26. The van der Waals surface area contributed by atoms with Gasteiger partial charge in [-0.1, -0.05) is 23.7 Å². The molecular formula is C18H20ClFN2. The van der Waals surface area contributed by atoms with E-state index in [0.29, 0.717) is 12.0 Å².